The van der Waals surface area contributed by atoms with Gasteiger partial charge < -0.3 is 21.1 Å². The van der Waals surface area contributed by atoms with Crippen LogP contribution in [-0.4, -0.2) is 18.9 Å². The van der Waals surface area contributed by atoms with Gasteiger partial charge in [-0.1, -0.05) is 11.6 Å². The predicted molar refractivity (Wildman–Crippen MR) is 67.0 cm³/mol. The molecule has 17 heavy (non-hydrogen) atoms. The summed E-state index contributed by atoms with van der Waals surface area (Å²) in [5.41, 5.74) is 6.64. The Morgan fingerprint density at radius 2 is 2.35 bits per heavy atom. The highest BCUT2D eigenvalue weighted by Crippen LogP contribution is 2.23. The molecule has 92 valence electrons. The Kier molecular flexibility index (Phi) is 3.71. The lowest BCUT2D eigenvalue weighted by molar-refractivity contribution is 0.0928. The van der Waals surface area contributed by atoms with Crippen molar-refractivity contribution in [2.75, 3.05) is 17.7 Å². The van der Waals surface area contributed by atoms with Gasteiger partial charge in [0.15, 0.2) is 0 Å². The van der Waals surface area contributed by atoms with Crippen LogP contribution in [0, 0.1) is 0 Å². The van der Waals surface area contributed by atoms with Crippen molar-refractivity contribution in [3.63, 3.8) is 0 Å². The minimum absolute atomic E-state index is 0.206. The fourth-order valence-corrected chi connectivity index (χ4v) is 1.87. The standard InChI is InChI=1S/C11H14ClN3O2/c12-8-6-7(13)3-4-9(8)14-11(16)15-10-2-1-5-17-10/h3-4,6,10H,1-2,5,13H2,(H2,14,15,16). The largest absolute Gasteiger partial charge is 0.399 e. The Bertz CT molecular complexity index is 419. The Hall–Kier alpha value is -1.46. The molecule has 2 rings (SSSR count). The van der Waals surface area contributed by atoms with Crippen LogP contribution in [0.15, 0.2) is 18.2 Å². The molecule has 1 saturated heterocycles. The fraction of sp³-hybridized carbons (Fsp3) is 0.364. The van der Waals surface area contributed by atoms with Gasteiger partial charge in [-0.05, 0) is 31.0 Å². The van der Waals surface area contributed by atoms with Gasteiger partial charge >= 0.3 is 6.03 Å². The van der Waals surface area contributed by atoms with Crippen molar-refractivity contribution >= 4 is 29.0 Å². The van der Waals surface area contributed by atoms with E-state index in [2.05, 4.69) is 10.6 Å². The number of halogens is 1. The van der Waals surface area contributed by atoms with E-state index >= 15 is 0 Å². The molecule has 1 heterocycles. The zero-order valence-corrected chi connectivity index (χ0v) is 9.96. The smallest absolute Gasteiger partial charge is 0.321 e. The quantitative estimate of drug-likeness (QED) is 0.709. The van der Waals surface area contributed by atoms with Crippen molar-refractivity contribution in [3.8, 4) is 0 Å². The lowest BCUT2D eigenvalue weighted by atomic mass is 10.3. The maximum Gasteiger partial charge on any atom is 0.321 e. The van der Waals surface area contributed by atoms with E-state index in [0.717, 1.165) is 12.8 Å². The van der Waals surface area contributed by atoms with E-state index < -0.39 is 0 Å². The van der Waals surface area contributed by atoms with E-state index in [1.54, 1.807) is 18.2 Å². The summed E-state index contributed by atoms with van der Waals surface area (Å²) in [4.78, 5) is 11.6. The van der Waals surface area contributed by atoms with E-state index in [1.165, 1.54) is 0 Å². The van der Waals surface area contributed by atoms with Gasteiger partial charge in [-0.25, -0.2) is 4.79 Å². The van der Waals surface area contributed by atoms with E-state index in [1.807, 2.05) is 0 Å². The third kappa shape index (κ3) is 3.25. The van der Waals surface area contributed by atoms with Crippen LogP contribution >= 0.6 is 11.6 Å². The first kappa shape index (κ1) is 12.0. The van der Waals surface area contributed by atoms with Crippen LogP contribution in [-0.2, 0) is 4.74 Å². The topological polar surface area (TPSA) is 76.4 Å². The zero-order chi connectivity index (χ0) is 12.3. The Morgan fingerprint density at radius 1 is 1.53 bits per heavy atom. The normalized spacial score (nSPS) is 19.0. The number of hydrogen-bond acceptors (Lipinski definition) is 3. The number of amides is 2. The second-order valence-electron chi connectivity index (χ2n) is 3.84. The zero-order valence-electron chi connectivity index (χ0n) is 9.20. The number of ether oxygens (including phenoxy) is 1. The lowest BCUT2D eigenvalue weighted by Crippen LogP contribution is -2.37. The van der Waals surface area contributed by atoms with Gasteiger partial charge in [0.2, 0.25) is 0 Å². The van der Waals surface area contributed by atoms with Crippen molar-refractivity contribution in [3.05, 3.63) is 23.2 Å². The van der Waals surface area contributed by atoms with Gasteiger partial charge in [0.05, 0.1) is 10.7 Å². The Morgan fingerprint density at radius 3 is 3.00 bits per heavy atom. The average Bonchev–Trinajstić information content (AvgIpc) is 2.75. The van der Waals surface area contributed by atoms with E-state index in [0.29, 0.717) is 23.0 Å². The molecule has 1 aliphatic rings. The number of urea groups is 1. The van der Waals surface area contributed by atoms with E-state index in [4.69, 9.17) is 22.1 Å². The predicted octanol–water partition coefficient (Wildman–Crippen LogP) is 2.18. The van der Waals surface area contributed by atoms with Crippen LogP contribution < -0.4 is 16.4 Å². The van der Waals surface area contributed by atoms with Gasteiger partial charge in [-0.3, -0.25) is 0 Å². The summed E-state index contributed by atoms with van der Waals surface area (Å²) < 4.78 is 5.29. The number of anilines is 2. The molecule has 0 aromatic heterocycles. The Labute approximate surface area is 104 Å². The minimum atomic E-state index is -0.330. The molecule has 1 unspecified atom stereocenters. The number of hydrogen-bond donors (Lipinski definition) is 3. The molecule has 0 aliphatic carbocycles. The van der Waals surface area contributed by atoms with Gasteiger partial charge in [0.25, 0.3) is 0 Å². The van der Waals surface area contributed by atoms with Crippen LogP contribution in [0.25, 0.3) is 0 Å². The summed E-state index contributed by atoms with van der Waals surface area (Å²) in [6.07, 6.45) is 1.60. The van der Waals surface area contributed by atoms with Gasteiger partial charge in [-0.2, -0.15) is 0 Å². The highest BCUT2D eigenvalue weighted by atomic mass is 35.5. The first-order valence-electron chi connectivity index (χ1n) is 5.39. The van der Waals surface area contributed by atoms with Gasteiger partial charge in [-0.15, -0.1) is 0 Å². The minimum Gasteiger partial charge on any atom is -0.399 e. The summed E-state index contributed by atoms with van der Waals surface area (Å²) in [7, 11) is 0. The summed E-state index contributed by atoms with van der Waals surface area (Å²) in [5, 5.41) is 5.76. The number of nitrogens with two attached hydrogens (primary N) is 1. The molecule has 6 heteroatoms. The number of benzene rings is 1. The first-order chi connectivity index (χ1) is 8.15. The number of carbonyl (C=O) groups is 1. The molecule has 4 N–H and O–H groups in total. The Balaban J connectivity index is 1.93. The molecule has 0 radical (unpaired) electrons. The van der Waals surface area contributed by atoms with Crippen molar-refractivity contribution in [2.45, 2.75) is 19.1 Å². The average molecular weight is 256 g/mol. The first-order valence-corrected chi connectivity index (χ1v) is 5.77. The van der Waals surface area contributed by atoms with Crippen molar-refractivity contribution < 1.29 is 9.53 Å². The molecule has 1 atom stereocenters. The molecular weight excluding hydrogens is 242 g/mol. The summed E-state index contributed by atoms with van der Waals surface area (Å²) in [5.74, 6) is 0. The molecular formula is C11H14ClN3O2. The molecule has 1 fully saturated rings. The third-order valence-electron chi connectivity index (χ3n) is 2.46. The maximum absolute atomic E-state index is 11.6. The molecule has 5 nitrogen and oxygen atoms in total. The highest BCUT2D eigenvalue weighted by Gasteiger charge is 2.17. The molecule has 1 aromatic rings. The second kappa shape index (κ2) is 5.25. The van der Waals surface area contributed by atoms with Crippen LogP contribution in [0.2, 0.25) is 5.02 Å². The summed E-state index contributed by atoms with van der Waals surface area (Å²) in [6.45, 7) is 0.688. The second-order valence-corrected chi connectivity index (χ2v) is 4.25. The molecule has 0 saturated carbocycles. The molecule has 1 aromatic carbocycles. The fourth-order valence-electron chi connectivity index (χ4n) is 1.63. The summed E-state index contributed by atoms with van der Waals surface area (Å²) in [6, 6.07) is 4.59. The number of rotatable bonds is 2. The number of carbonyl (C=O) groups excluding carboxylic acids is 1. The van der Waals surface area contributed by atoms with Gasteiger partial charge in [0, 0.05) is 12.3 Å². The van der Waals surface area contributed by atoms with E-state index in [-0.39, 0.29) is 12.3 Å². The maximum atomic E-state index is 11.6. The molecule has 0 bridgehead atoms. The van der Waals surface area contributed by atoms with E-state index in [9.17, 15) is 4.79 Å². The summed E-state index contributed by atoms with van der Waals surface area (Å²) >= 11 is 5.94. The van der Waals surface area contributed by atoms with Crippen molar-refractivity contribution in [1.82, 2.24) is 5.32 Å². The number of nitrogens with one attached hydrogen (secondary N) is 2. The van der Waals surface area contributed by atoms with Crippen molar-refractivity contribution in [1.29, 1.82) is 0 Å². The highest BCUT2D eigenvalue weighted by molar-refractivity contribution is 6.34. The van der Waals surface area contributed by atoms with Crippen LogP contribution in [0.1, 0.15) is 12.8 Å². The van der Waals surface area contributed by atoms with Gasteiger partial charge in [0.1, 0.15) is 6.23 Å². The molecule has 0 spiro atoms. The SMILES string of the molecule is Nc1ccc(NC(=O)NC2CCCO2)c(Cl)c1. The number of nitrogen functional groups attached to an aromatic ring is 1. The van der Waals surface area contributed by atoms with Crippen LogP contribution in [0.5, 0.6) is 0 Å². The molecule has 2 amide bonds. The van der Waals surface area contributed by atoms with Crippen LogP contribution in [0.4, 0.5) is 16.2 Å². The molecule has 1 aliphatic heterocycles. The van der Waals surface area contributed by atoms with Crippen molar-refractivity contribution in [2.24, 2.45) is 0 Å². The lowest BCUT2D eigenvalue weighted by Gasteiger charge is -2.13. The van der Waals surface area contributed by atoms with Crippen LogP contribution in [0.3, 0.4) is 0 Å². The monoisotopic (exact) mass is 255 g/mol. The third-order valence-corrected chi connectivity index (χ3v) is 2.78.